The molecule has 1 fully saturated rings. The minimum Gasteiger partial charge on any atom is -0.486 e. The maximum Gasteiger partial charge on any atom is 0.154 e. The number of ether oxygens (including phenoxy) is 1. The topological polar surface area (TPSA) is 55.4 Å². The van der Waals surface area contributed by atoms with Gasteiger partial charge in [-0.2, -0.15) is 0 Å². The molecule has 20 heavy (non-hydrogen) atoms. The van der Waals surface area contributed by atoms with E-state index in [0.29, 0.717) is 12.2 Å². The van der Waals surface area contributed by atoms with Gasteiger partial charge in [-0.3, -0.25) is 0 Å². The first-order chi connectivity index (χ1) is 9.48. The van der Waals surface area contributed by atoms with Gasteiger partial charge >= 0.3 is 0 Å². The van der Waals surface area contributed by atoms with Crippen molar-refractivity contribution in [2.24, 2.45) is 0 Å². The lowest BCUT2D eigenvalue weighted by molar-refractivity contribution is 0.0961. The lowest BCUT2D eigenvalue weighted by atomic mass is 9.98. The number of nitrogens with one attached hydrogen (secondary N) is 1. The van der Waals surface area contributed by atoms with Crippen molar-refractivity contribution in [1.82, 2.24) is 5.32 Å². The Hall–Kier alpha value is -1.07. The number of sulfone groups is 1. The van der Waals surface area contributed by atoms with E-state index in [9.17, 15) is 8.42 Å². The Kier molecular flexibility index (Phi) is 3.50. The van der Waals surface area contributed by atoms with Gasteiger partial charge in [0.25, 0.3) is 0 Å². The van der Waals surface area contributed by atoms with Crippen LogP contribution in [0.3, 0.4) is 0 Å². The van der Waals surface area contributed by atoms with Crippen LogP contribution in [0.2, 0.25) is 0 Å². The normalized spacial score (nSPS) is 28.6. The third-order valence-corrected chi connectivity index (χ3v) is 6.10. The van der Waals surface area contributed by atoms with Gasteiger partial charge in [-0.15, -0.1) is 0 Å². The highest BCUT2D eigenvalue weighted by atomic mass is 32.2. The Balaban J connectivity index is 1.87. The molecule has 0 spiro atoms. The largest absolute Gasteiger partial charge is 0.486 e. The summed E-state index contributed by atoms with van der Waals surface area (Å²) in [5.74, 6) is 1.29. The molecule has 0 amide bonds. The summed E-state index contributed by atoms with van der Waals surface area (Å²) < 4.78 is 29.9. The zero-order valence-corrected chi connectivity index (χ0v) is 12.6. The quantitative estimate of drug-likeness (QED) is 0.902. The summed E-state index contributed by atoms with van der Waals surface area (Å²) in [6, 6.07) is 6.06. The van der Waals surface area contributed by atoms with E-state index in [1.165, 1.54) is 11.1 Å². The first-order valence-electron chi connectivity index (χ1n) is 7.18. The predicted molar refractivity (Wildman–Crippen MR) is 78.8 cm³/mol. The van der Waals surface area contributed by atoms with Crippen molar-refractivity contribution in [3.05, 3.63) is 29.3 Å². The van der Waals surface area contributed by atoms with Crippen molar-refractivity contribution in [2.75, 3.05) is 18.1 Å². The van der Waals surface area contributed by atoms with Gasteiger partial charge in [-0.25, -0.2) is 8.42 Å². The second-order valence-corrected chi connectivity index (χ2v) is 8.25. The summed E-state index contributed by atoms with van der Waals surface area (Å²) >= 11 is 0. The molecule has 1 N–H and O–H groups in total. The van der Waals surface area contributed by atoms with Crippen molar-refractivity contribution in [1.29, 1.82) is 0 Å². The fourth-order valence-corrected chi connectivity index (χ4v) is 5.08. The van der Waals surface area contributed by atoms with Crippen LogP contribution in [-0.4, -0.2) is 32.1 Å². The summed E-state index contributed by atoms with van der Waals surface area (Å²) in [7, 11) is -2.97. The van der Waals surface area contributed by atoms with E-state index in [1.54, 1.807) is 0 Å². The van der Waals surface area contributed by atoms with Crippen molar-refractivity contribution >= 4 is 9.84 Å². The number of hydrogen-bond donors (Lipinski definition) is 1. The molecule has 1 aromatic carbocycles. The SMILES string of the molecule is CC1(Oc2cccc3c2CCNC3)CCCS(=O)(=O)C1. The van der Waals surface area contributed by atoms with Crippen molar-refractivity contribution in [3.8, 4) is 5.75 Å². The first-order valence-corrected chi connectivity index (χ1v) is 9.01. The summed E-state index contributed by atoms with van der Waals surface area (Å²) in [5.41, 5.74) is 1.91. The molecule has 1 saturated heterocycles. The van der Waals surface area contributed by atoms with Gasteiger partial charge in [0.2, 0.25) is 0 Å². The summed E-state index contributed by atoms with van der Waals surface area (Å²) in [5, 5.41) is 3.34. The van der Waals surface area contributed by atoms with Crippen LogP contribution in [0.4, 0.5) is 0 Å². The van der Waals surface area contributed by atoms with Gasteiger partial charge in [0.05, 0.1) is 11.5 Å². The minimum absolute atomic E-state index is 0.127. The van der Waals surface area contributed by atoms with Crippen LogP contribution >= 0.6 is 0 Å². The van der Waals surface area contributed by atoms with E-state index in [2.05, 4.69) is 11.4 Å². The molecule has 0 radical (unpaired) electrons. The molecular formula is C15H21NO3S. The van der Waals surface area contributed by atoms with E-state index in [-0.39, 0.29) is 5.75 Å². The molecule has 1 unspecified atom stereocenters. The second kappa shape index (κ2) is 5.04. The third kappa shape index (κ3) is 2.83. The van der Waals surface area contributed by atoms with E-state index >= 15 is 0 Å². The molecule has 0 aromatic heterocycles. The number of benzene rings is 1. The minimum atomic E-state index is -2.97. The molecular weight excluding hydrogens is 274 g/mol. The van der Waals surface area contributed by atoms with Crippen LogP contribution in [0, 0.1) is 0 Å². The summed E-state index contributed by atoms with van der Waals surface area (Å²) in [6.07, 6.45) is 2.43. The molecule has 0 saturated carbocycles. The number of hydrogen-bond acceptors (Lipinski definition) is 4. The van der Waals surface area contributed by atoms with Crippen LogP contribution in [-0.2, 0) is 22.8 Å². The van der Waals surface area contributed by atoms with Crippen molar-refractivity contribution in [3.63, 3.8) is 0 Å². The van der Waals surface area contributed by atoms with E-state index in [4.69, 9.17) is 4.74 Å². The second-order valence-electron chi connectivity index (χ2n) is 6.07. The Morgan fingerprint density at radius 1 is 1.35 bits per heavy atom. The number of fused-ring (bicyclic) bond motifs is 1. The molecule has 1 atom stereocenters. The lowest BCUT2D eigenvalue weighted by Gasteiger charge is -2.35. The summed E-state index contributed by atoms with van der Waals surface area (Å²) in [4.78, 5) is 0. The Bertz CT molecular complexity index is 612. The molecule has 1 aromatic rings. The Morgan fingerprint density at radius 2 is 2.20 bits per heavy atom. The highest BCUT2D eigenvalue weighted by molar-refractivity contribution is 7.91. The zero-order valence-electron chi connectivity index (χ0n) is 11.8. The zero-order chi connectivity index (χ0) is 14.2. The molecule has 110 valence electrons. The average Bonchev–Trinajstić information content (AvgIpc) is 2.37. The van der Waals surface area contributed by atoms with Gasteiger partial charge in [0.15, 0.2) is 9.84 Å². The maximum atomic E-state index is 11.9. The third-order valence-electron chi connectivity index (χ3n) is 4.14. The highest BCUT2D eigenvalue weighted by Crippen LogP contribution is 2.32. The van der Waals surface area contributed by atoms with Gasteiger partial charge in [-0.05, 0) is 49.9 Å². The molecule has 0 aliphatic carbocycles. The van der Waals surface area contributed by atoms with Crippen LogP contribution in [0.15, 0.2) is 18.2 Å². The standard InChI is InChI=1S/C15H21NO3S/c1-15(7-3-9-20(17,18)11-15)19-14-5-2-4-12-10-16-8-6-13(12)14/h2,4-5,16H,3,6-11H2,1H3. The molecule has 0 bridgehead atoms. The van der Waals surface area contributed by atoms with E-state index in [1.807, 2.05) is 19.1 Å². The molecule has 2 aliphatic heterocycles. The fraction of sp³-hybridized carbons (Fsp3) is 0.600. The van der Waals surface area contributed by atoms with Crippen molar-refractivity contribution < 1.29 is 13.2 Å². The van der Waals surface area contributed by atoms with Crippen LogP contribution in [0.1, 0.15) is 30.9 Å². The van der Waals surface area contributed by atoms with E-state index < -0.39 is 15.4 Å². The van der Waals surface area contributed by atoms with Gasteiger partial charge < -0.3 is 10.1 Å². The Labute approximate surface area is 120 Å². The fourth-order valence-electron chi connectivity index (χ4n) is 3.21. The first kappa shape index (κ1) is 13.9. The lowest BCUT2D eigenvalue weighted by Crippen LogP contribution is -2.45. The smallest absolute Gasteiger partial charge is 0.154 e. The van der Waals surface area contributed by atoms with Crippen LogP contribution in [0.5, 0.6) is 5.75 Å². The molecule has 5 heteroatoms. The molecule has 3 rings (SSSR count). The Morgan fingerprint density at radius 3 is 3.00 bits per heavy atom. The van der Waals surface area contributed by atoms with E-state index in [0.717, 1.165) is 31.7 Å². The van der Waals surface area contributed by atoms with Crippen molar-refractivity contribution in [2.45, 2.75) is 38.3 Å². The predicted octanol–water partition coefficient (Wildman–Crippen LogP) is 1.68. The molecule has 2 aliphatic rings. The monoisotopic (exact) mass is 295 g/mol. The number of rotatable bonds is 2. The van der Waals surface area contributed by atoms with Crippen LogP contribution in [0.25, 0.3) is 0 Å². The molecule has 4 nitrogen and oxygen atoms in total. The van der Waals surface area contributed by atoms with Gasteiger partial charge in [-0.1, -0.05) is 12.1 Å². The van der Waals surface area contributed by atoms with Gasteiger partial charge in [0.1, 0.15) is 11.4 Å². The average molecular weight is 295 g/mol. The maximum absolute atomic E-state index is 11.9. The van der Waals surface area contributed by atoms with Gasteiger partial charge in [0, 0.05) is 6.54 Å². The molecule has 2 heterocycles. The van der Waals surface area contributed by atoms with Crippen LogP contribution < -0.4 is 10.1 Å². The highest BCUT2D eigenvalue weighted by Gasteiger charge is 2.37. The summed E-state index contributed by atoms with van der Waals surface area (Å²) in [6.45, 7) is 3.73.